The molecular weight excluding hydrogens is 128 g/mol. The fourth-order valence-corrected chi connectivity index (χ4v) is 1.06. The van der Waals surface area contributed by atoms with Crippen LogP contribution in [0.3, 0.4) is 0 Å². The van der Waals surface area contributed by atoms with Gasteiger partial charge in [-0.3, -0.25) is 0 Å². The summed E-state index contributed by atoms with van der Waals surface area (Å²) in [5, 5.41) is 16.7. The van der Waals surface area contributed by atoms with Gasteiger partial charge in [0.05, 0.1) is 0 Å². The molecule has 3 heteroatoms. The molecule has 10 heavy (non-hydrogen) atoms. The van der Waals surface area contributed by atoms with Crippen LogP contribution in [0, 0.1) is 0 Å². The summed E-state index contributed by atoms with van der Waals surface area (Å²) >= 11 is 0. The fraction of sp³-hybridized carbons (Fsp3) is 0.714. The van der Waals surface area contributed by atoms with E-state index in [1.165, 1.54) is 0 Å². The van der Waals surface area contributed by atoms with Gasteiger partial charge in [0.15, 0.2) is 0 Å². The van der Waals surface area contributed by atoms with Gasteiger partial charge in [-0.05, 0) is 0 Å². The maximum atomic E-state index is 9.57. The van der Waals surface area contributed by atoms with E-state index in [-0.39, 0.29) is 0 Å². The molecule has 1 atom stereocenters. The molecule has 0 aromatic rings. The van der Waals surface area contributed by atoms with Crippen molar-refractivity contribution < 1.29 is 5.11 Å². The van der Waals surface area contributed by atoms with Crippen molar-refractivity contribution in [3.63, 3.8) is 0 Å². The second-order valence-corrected chi connectivity index (χ2v) is 2.53. The van der Waals surface area contributed by atoms with E-state index in [1.807, 2.05) is 0 Å². The van der Waals surface area contributed by atoms with Gasteiger partial charge < -0.3 is 10.4 Å². The monoisotopic (exact) mass is 141 g/mol. The quantitative estimate of drug-likeness (QED) is 0.507. The van der Waals surface area contributed by atoms with Crippen molar-refractivity contribution >= 4 is 0 Å². The van der Waals surface area contributed by atoms with Crippen LogP contribution in [0.2, 0.25) is 0 Å². The number of hydrogen-bond acceptors (Lipinski definition) is 2. The molecule has 57 valence electrons. The first-order chi connectivity index (χ1) is 4.77. The summed E-state index contributed by atoms with van der Waals surface area (Å²) in [6, 6.07) is 0. The molecular formula is C7H13N2O. The van der Waals surface area contributed by atoms with Gasteiger partial charge in [-0.1, -0.05) is 6.08 Å². The summed E-state index contributed by atoms with van der Waals surface area (Å²) in [5.41, 5.74) is -0.875. The van der Waals surface area contributed by atoms with Gasteiger partial charge in [-0.15, -0.1) is 6.58 Å². The summed E-state index contributed by atoms with van der Waals surface area (Å²) < 4.78 is 0. The molecule has 3 nitrogen and oxygen atoms in total. The molecule has 1 heterocycles. The Morgan fingerprint density at radius 3 is 3.10 bits per heavy atom. The normalized spacial score (nSPS) is 33.7. The molecule has 1 radical (unpaired) electrons. The Balaban J connectivity index is 2.39. The molecule has 1 aliphatic heterocycles. The third kappa shape index (κ3) is 1.80. The predicted molar refractivity (Wildman–Crippen MR) is 39.6 cm³/mol. The lowest BCUT2D eigenvalue weighted by molar-refractivity contribution is -0.00731. The standard InChI is InChI=1S/C7H13N2O/c1-2-3-7(10)6-8-4-5-9-7/h2,8,10H,1,3-6H2. The molecule has 0 aliphatic carbocycles. The van der Waals surface area contributed by atoms with Crippen molar-refractivity contribution in [3.05, 3.63) is 12.7 Å². The van der Waals surface area contributed by atoms with Crippen molar-refractivity contribution in [1.29, 1.82) is 0 Å². The minimum Gasteiger partial charge on any atom is -0.373 e. The second kappa shape index (κ2) is 3.14. The van der Waals surface area contributed by atoms with Crippen LogP contribution in [-0.2, 0) is 0 Å². The summed E-state index contributed by atoms with van der Waals surface area (Å²) in [7, 11) is 0. The van der Waals surface area contributed by atoms with Gasteiger partial charge in [-0.2, -0.15) is 0 Å². The van der Waals surface area contributed by atoms with E-state index >= 15 is 0 Å². The highest BCUT2D eigenvalue weighted by Crippen LogP contribution is 2.08. The molecule has 1 saturated heterocycles. The SMILES string of the molecule is C=CCC1(O)CNCC[N]1. The summed E-state index contributed by atoms with van der Waals surface area (Å²) in [6.45, 7) is 5.68. The maximum Gasteiger partial charge on any atom is 0.146 e. The van der Waals surface area contributed by atoms with Crippen LogP contribution in [0.1, 0.15) is 6.42 Å². The maximum absolute atomic E-state index is 9.57. The van der Waals surface area contributed by atoms with E-state index in [4.69, 9.17) is 0 Å². The molecule has 0 amide bonds. The predicted octanol–water partition coefficient (Wildman–Crippen LogP) is -0.541. The number of hydrogen-bond donors (Lipinski definition) is 2. The number of rotatable bonds is 2. The van der Waals surface area contributed by atoms with E-state index in [1.54, 1.807) is 6.08 Å². The first kappa shape index (κ1) is 7.72. The molecule has 1 rings (SSSR count). The number of β-amino-alcohol motifs (C(OH)–C–C–N with tert-alkyl or cyclic N) is 1. The van der Waals surface area contributed by atoms with Crippen LogP contribution < -0.4 is 10.6 Å². The second-order valence-electron chi connectivity index (χ2n) is 2.53. The Bertz CT molecular complexity index is 119. The van der Waals surface area contributed by atoms with Crippen LogP contribution in [0.15, 0.2) is 12.7 Å². The Labute approximate surface area is 61.1 Å². The highest BCUT2D eigenvalue weighted by atomic mass is 16.3. The molecule has 0 bridgehead atoms. The molecule has 1 unspecified atom stereocenters. The first-order valence-corrected chi connectivity index (χ1v) is 3.49. The smallest absolute Gasteiger partial charge is 0.146 e. The third-order valence-corrected chi connectivity index (χ3v) is 1.57. The van der Waals surface area contributed by atoms with Crippen molar-refractivity contribution in [2.24, 2.45) is 0 Å². The zero-order valence-electron chi connectivity index (χ0n) is 6.01. The highest BCUT2D eigenvalue weighted by molar-refractivity contribution is 4.88. The number of nitrogens with zero attached hydrogens (tertiary/aromatic N) is 1. The van der Waals surface area contributed by atoms with E-state index in [0.29, 0.717) is 19.5 Å². The lowest BCUT2D eigenvalue weighted by Gasteiger charge is -2.30. The Morgan fingerprint density at radius 2 is 2.60 bits per heavy atom. The lowest BCUT2D eigenvalue weighted by atomic mass is 10.1. The highest BCUT2D eigenvalue weighted by Gasteiger charge is 2.27. The molecule has 1 aliphatic rings. The van der Waals surface area contributed by atoms with E-state index < -0.39 is 5.72 Å². The van der Waals surface area contributed by atoms with Crippen LogP contribution in [-0.4, -0.2) is 30.5 Å². The zero-order chi connectivity index (χ0) is 7.45. The summed E-state index contributed by atoms with van der Waals surface area (Å²) in [6.07, 6.45) is 2.23. The average Bonchev–Trinajstić information content (AvgIpc) is 1.89. The largest absolute Gasteiger partial charge is 0.373 e. The van der Waals surface area contributed by atoms with Gasteiger partial charge in [0.25, 0.3) is 0 Å². The van der Waals surface area contributed by atoms with Gasteiger partial charge in [0, 0.05) is 26.1 Å². The Hall–Kier alpha value is -0.380. The van der Waals surface area contributed by atoms with Crippen molar-refractivity contribution in [1.82, 2.24) is 10.6 Å². The van der Waals surface area contributed by atoms with E-state index in [2.05, 4.69) is 17.2 Å². The van der Waals surface area contributed by atoms with Gasteiger partial charge >= 0.3 is 0 Å². The summed E-state index contributed by atoms with van der Waals surface area (Å²) in [4.78, 5) is 0. The molecule has 0 aromatic heterocycles. The molecule has 0 aromatic carbocycles. The summed E-state index contributed by atoms with van der Waals surface area (Å²) in [5.74, 6) is 0. The molecule has 0 saturated carbocycles. The van der Waals surface area contributed by atoms with Gasteiger partial charge in [0.1, 0.15) is 5.72 Å². The number of piperazine rings is 1. The molecule has 0 spiro atoms. The Morgan fingerprint density at radius 1 is 1.80 bits per heavy atom. The van der Waals surface area contributed by atoms with Gasteiger partial charge in [-0.25, -0.2) is 5.32 Å². The number of aliphatic hydroxyl groups is 1. The average molecular weight is 141 g/mol. The van der Waals surface area contributed by atoms with Crippen LogP contribution in [0.5, 0.6) is 0 Å². The van der Waals surface area contributed by atoms with Crippen LogP contribution in [0.4, 0.5) is 0 Å². The molecule has 1 fully saturated rings. The minimum absolute atomic E-state index is 0.542. The van der Waals surface area contributed by atoms with Crippen LogP contribution >= 0.6 is 0 Å². The van der Waals surface area contributed by atoms with Crippen LogP contribution in [0.25, 0.3) is 0 Å². The Kier molecular flexibility index (Phi) is 2.43. The zero-order valence-corrected chi connectivity index (χ0v) is 6.01. The minimum atomic E-state index is -0.875. The van der Waals surface area contributed by atoms with Crippen molar-refractivity contribution in [3.8, 4) is 0 Å². The van der Waals surface area contributed by atoms with E-state index in [0.717, 1.165) is 6.54 Å². The van der Waals surface area contributed by atoms with Crippen molar-refractivity contribution in [2.45, 2.75) is 12.1 Å². The third-order valence-electron chi connectivity index (χ3n) is 1.57. The molecule has 2 N–H and O–H groups in total. The lowest BCUT2D eigenvalue weighted by Crippen LogP contribution is -2.54. The van der Waals surface area contributed by atoms with E-state index in [9.17, 15) is 5.11 Å². The fourth-order valence-electron chi connectivity index (χ4n) is 1.06. The van der Waals surface area contributed by atoms with Gasteiger partial charge in [0.2, 0.25) is 0 Å². The first-order valence-electron chi connectivity index (χ1n) is 3.49. The van der Waals surface area contributed by atoms with Crippen molar-refractivity contribution in [2.75, 3.05) is 19.6 Å². The number of nitrogens with one attached hydrogen (secondary N) is 1. The topological polar surface area (TPSA) is 46.4 Å².